The summed E-state index contributed by atoms with van der Waals surface area (Å²) in [6.45, 7) is -0.409. The monoisotopic (exact) mass is 365 g/mol. The highest BCUT2D eigenvalue weighted by Gasteiger charge is 2.19. The lowest BCUT2D eigenvalue weighted by atomic mass is 10.2. The van der Waals surface area contributed by atoms with Crippen LogP contribution in [0.2, 0.25) is 13.7 Å². The first-order valence-electron chi connectivity index (χ1n) is 5.43. The van der Waals surface area contributed by atoms with Gasteiger partial charge in [-0.15, -0.1) is 11.3 Å². The van der Waals surface area contributed by atoms with Crippen molar-refractivity contribution in [2.45, 2.75) is 0 Å². The molecule has 1 aromatic heterocycles. The SMILES string of the molecule is O=C(COc1cc(Cl)ccc1[N+](=O)[O-])c1cc(Cl)sc1Cl. The molecule has 0 aliphatic heterocycles. The summed E-state index contributed by atoms with van der Waals surface area (Å²) < 4.78 is 5.80. The molecule has 0 saturated carbocycles. The van der Waals surface area contributed by atoms with Crippen LogP contribution < -0.4 is 4.74 Å². The van der Waals surface area contributed by atoms with E-state index < -0.39 is 17.3 Å². The van der Waals surface area contributed by atoms with Crippen molar-refractivity contribution < 1.29 is 14.5 Å². The summed E-state index contributed by atoms with van der Waals surface area (Å²) in [4.78, 5) is 22.2. The Kier molecular flexibility index (Phi) is 5.05. The zero-order valence-corrected chi connectivity index (χ0v) is 13.2. The highest BCUT2D eigenvalue weighted by molar-refractivity contribution is 7.20. The summed E-state index contributed by atoms with van der Waals surface area (Å²) in [5, 5.41) is 11.1. The van der Waals surface area contributed by atoms with Crippen LogP contribution in [0.5, 0.6) is 5.75 Å². The molecule has 2 rings (SSSR count). The number of thiophene rings is 1. The fourth-order valence-electron chi connectivity index (χ4n) is 1.51. The Morgan fingerprint density at radius 3 is 2.57 bits per heavy atom. The molecular weight excluding hydrogens is 361 g/mol. The molecule has 1 aromatic carbocycles. The molecule has 0 radical (unpaired) electrons. The van der Waals surface area contributed by atoms with Gasteiger partial charge in [0.1, 0.15) is 4.34 Å². The number of ketones is 1. The zero-order valence-electron chi connectivity index (χ0n) is 10.1. The average molecular weight is 367 g/mol. The maximum absolute atomic E-state index is 12.0. The number of carbonyl (C=O) groups is 1. The number of Topliss-reactive ketones (excluding diaryl/α,β-unsaturated/α-hetero) is 1. The molecule has 5 nitrogen and oxygen atoms in total. The fraction of sp³-hybridized carbons (Fsp3) is 0.0833. The summed E-state index contributed by atoms with van der Waals surface area (Å²) in [5.74, 6) is -0.518. The molecule has 110 valence electrons. The molecule has 2 aromatic rings. The number of hydrogen-bond donors (Lipinski definition) is 0. The summed E-state index contributed by atoms with van der Waals surface area (Å²) in [5.41, 5.74) is -0.0574. The van der Waals surface area contributed by atoms with Crippen molar-refractivity contribution in [1.29, 1.82) is 0 Å². The predicted molar refractivity (Wildman–Crippen MR) is 82.3 cm³/mol. The molecule has 1 heterocycles. The van der Waals surface area contributed by atoms with E-state index in [9.17, 15) is 14.9 Å². The summed E-state index contributed by atoms with van der Waals surface area (Å²) >= 11 is 18.4. The molecule has 0 fully saturated rings. The third kappa shape index (κ3) is 3.85. The minimum atomic E-state index is -0.620. The van der Waals surface area contributed by atoms with Crippen molar-refractivity contribution in [3.05, 3.63) is 53.6 Å². The molecule has 9 heteroatoms. The highest BCUT2D eigenvalue weighted by atomic mass is 35.5. The van der Waals surface area contributed by atoms with Crippen LogP contribution in [0, 0.1) is 10.1 Å². The highest BCUT2D eigenvalue weighted by Crippen LogP contribution is 2.33. The van der Waals surface area contributed by atoms with Gasteiger partial charge in [0.25, 0.3) is 0 Å². The lowest BCUT2D eigenvalue weighted by molar-refractivity contribution is -0.385. The van der Waals surface area contributed by atoms with E-state index in [2.05, 4.69) is 0 Å². The molecule has 21 heavy (non-hydrogen) atoms. The van der Waals surface area contributed by atoms with Gasteiger partial charge in [-0.25, -0.2) is 0 Å². The Labute approximate surface area is 138 Å². The quantitative estimate of drug-likeness (QED) is 0.429. The van der Waals surface area contributed by atoms with E-state index in [0.717, 1.165) is 11.3 Å². The summed E-state index contributed by atoms with van der Waals surface area (Å²) in [6, 6.07) is 5.27. The Balaban J connectivity index is 2.16. The van der Waals surface area contributed by atoms with E-state index in [0.29, 0.717) is 4.34 Å². The van der Waals surface area contributed by atoms with Crippen molar-refractivity contribution in [1.82, 2.24) is 0 Å². The maximum Gasteiger partial charge on any atom is 0.311 e. The molecule has 0 unspecified atom stereocenters. The van der Waals surface area contributed by atoms with Crippen LogP contribution in [-0.4, -0.2) is 17.3 Å². The van der Waals surface area contributed by atoms with Gasteiger partial charge in [0, 0.05) is 17.2 Å². The topological polar surface area (TPSA) is 69.4 Å². The number of halogens is 3. The summed E-state index contributed by atoms with van der Waals surface area (Å²) in [6.07, 6.45) is 0. The van der Waals surface area contributed by atoms with Crippen molar-refractivity contribution >= 4 is 57.6 Å². The van der Waals surface area contributed by atoms with Crippen LogP contribution in [0.4, 0.5) is 5.69 Å². The second kappa shape index (κ2) is 6.62. The van der Waals surface area contributed by atoms with Gasteiger partial charge in [0.2, 0.25) is 5.78 Å². The van der Waals surface area contributed by atoms with Crippen molar-refractivity contribution in [2.24, 2.45) is 0 Å². The van der Waals surface area contributed by atoms with Gasteiger partial charge in [-0.1, -0.05) is 34.8 Å². The Hall–Kier alpha value is -1.34. The largest absolute Gasteiger partial charge is 0.478 e. The van der Waals surface area contributed by atoms with E-state index in [-0.39, 0.29) is 26.4 Å². The molecule has 0 saturated heterocycles. The molecule has 0 atom stereocenters. The predicted octanol–water partition coefficient (Wildman–Crippen LogP) is 4.88. The first-order chi connectivity index (χ1) is 9.88. The smallest absolute Gasteiger partial charge is 0.311 e. The van der Waals surface area contributed by atoms with E-state index in [1.807, 2.05) is 0 Å². The van der Waals surface area contributed by atoms with E-state index >= 15 is 0 Å². The number of ether oxygens (including phenoxy) is 1. The van der Waals surface area contributed by atoms with E-state index in [1.54, 1.807) is 0 Å². The minimum Gasteiger partial charge on any atom is -0.478 e. The Morgan fingerprint density at radius 1 is 1.29 bits per heavy atom. The lowest BCUT2D eigenvalue weighted by Crippen LogP contribution is -2.12. The number of rotatable bonds is 5. The van der Waals surface area contributed by atoms with Gasteiger partial charge in [-0.3, -0.25) is 14.9 Å². The van der Waals surface area contributed by atoms with Crippen LogP contribution in [0.3, 0.4) is 0 Å². The molecular formula is C12H6Cl3NO4S. The van der Waals surface area contributed by atoms with Gasteiger partial charge in [0.05, 0.1) is 14.8 Å². The van der Waals surface area contributed by atoms with Crippen molar-refractivity contribution in [3.63, 3.8) is 0 Å². The van der Waals surface area contributed by atoms with Crippen molar-refractivity contribution in [3.8, 4) is 5.75 Å². The van der Waals surface area contributed by atoms with Crippen LogP contribution >= 0.6 is 46.1 Å². The molecule has 0 aliphatic rings. The van der Waals surface area contributed by atoms with E-state index in [1.165, 1.54) is 24.3 Å². The van der Waals surface area contributed by atoms with Gasteiger partial charge in [-0.2, -0.15) is 0 Å². The number of benzene rings is 1. The van der Waals surface area contributed by atoms with Gasteiger partial charge in [-0.05, 0) is 12.1 Å². The average Bonchev–Trinajstić information content (AvgIpc) is 2.74. The maximum atomic E-state index is 12.0. The minimum absolute atomic E-state index is 0.0849. The Morgan fingerprint density at radius 2 is 2.00 bits per heavy atom. The second-order valence-electron chi connectivity index (χ2n) is 3.82. The third-order valence-electron chi connectivity index (χ3n) is 2.43. The number of nitro groups is 1. The number of hydrogen-bond acceptors (Lipinski definition) is 5. The van der Waals surface area contributed by atoms with Crippen LogP contribution in [0.15, 0.2) is 24.3 Å². The number of nitro benzene ring substituents is 1. The zero-order chi connectivity index (χ0) is 15.6. The third-order valence-corrected chi connectivity index (χ3v) is 4.16. The summed E-state index contributed by atoms with van der Waals surface area (Å²) in [7, 11) is 0. The number of nitrogens with zero attached hydrogens (tertiary/aromatic N) is 1. The van der Waals surface area contributed by atoms with Gasteiger partial charge in [0.15, 0.2) is 12.4 Å². The lowest BCUT2D eigenvalue weighted by Gasteiger charge is -2.06. The van der Waals surface area contributed by atoms with Crippen molar-refractivity contribution in [2.75, 3.05) is 6.61 Å². The molecule has 0 N–H and O–H groups in total. The first kappa shape index (κ1) is 16.0. The molecule has 0 amide bonds. The second-order valence-corrected chi connectivity index (χ2v) is 6.54. The normalized spacial score (nSPS) is 10.4. The molecule has 0 bridgehead atoms. The fourth-order valence-corrected chi connectivity index (χ4v) is 3.17. The molecule has 0 aliphatic carbocycles. The van der Waals surface area contributed by atoms with Crippen LogP contribution in [-0.2, 0) is 0 Å². The first-order valence-corrected chi connectivity index (χ1v) is 7.38. The van der Waals surface area contributed by atoms with E-state index in [4.69, 9.17) is 39.5 Å². The Bertz CT molecular complexity index is 717. The standard InChI is InChI=1S/C12H6Cl3NO4S/c13-6-1-2-8(16(18)19)10(3-6)20-5-9(17)7-4-11(14)21-12(7)15/h1-4H,5H2. The van der Waals surface area contributed by atoms with Gasteiger partial charge >= 0.3 is 5.69 Å². The number of carbonyl (C=O) groups excluding carboxylic acids is 1. The van der Waals surface area contributed by atoms with Crippen LogP contribution in [0.25, 0.3) is 0 Å². The molecule has 0 spiro atoms. The van der Waals surface area contributed by atoms with Gasteiger partial charge < -0.3 is 4.74 Å². The van der Waals surface area contributed by atoms with Crippen LogP contribution in [0.1, 0.15) is 10.4 Å².